The number of alkyl halides is 2. The van der Waals surface area contributed by atoms with Crippen molar-refractivity contribution in [3.63, 3.8) is 0 Å². The fourth-order valence-corrected chi connectivity index (χ4v) is 1.98. The van der Waals surface area contributed by atoms with Crippen molar-refractivity contribution in [3.8, 4) is 0 Å². The molecule has 0 aliphatic carbocycles. The minimum atomic E-state index is -3.22. The number of nitrogens with one attached hydrogen (secondary N) is 1. The highest BCUT2D eigenvalue weighted by Crippen LogP contribution is 2.37. The van der Waals surface area contributed by atoms with E-state index < -0.39 is 24.2 Å². The van der Waals surface area contributed by atoms with Gasteiger partial charge in [-0.25, -0.2) is 4.79 Å². The van der Waals surface area contributed by atoms with Crippen molar-refractivity contribution in [3.05, 3.63) is 35.9 Å². The molecule has 4 nitrogen and oxygen atoms in total. The Balaban J connectivity index is 2.03. The lowest BCUT2D eigenvalue weighted by Gasteiger charge is -2.26. The molecule has 1 N–H and O–H groups in total. The molecule has 1 amide bonds. The normalized spacial score (nSPS) is 18.9. The van der Waals surface area contributed by atoms with E-state index in [4.69, 9.17) is 9.47 Å². The minimum Gasteiger partial charge on any atom is -0.450 e. The van der Waals surface area contributed by atoms with Crippen molar-refractivity contribution in [1.82, 2.24) is 5.32 Å². The molecule has 0 saturated carbocycles. The van der Waals surface area contributed by atoms with Gasteiger partial charge in [-0.15, -0.1) is 0 Å². The van der Waals surface area contributed by atoms with E-state index in [1.165, 1.54) is 24.3 Å². The topological polar surface area (TPSA) is 50.9 Å². The van der Waals surface area contributed by atoms with Crippen LogP contribution >= 0.6 is 0 Å². The number of epoxide rings is 1. The molecule has 1 aliphatic rings. The van der Waals surface area contributed by atoms with Gasteiger partial charge in [0.05, 0.1) is 13.2 Å². The van der Waals surface area contributed by atoms with Crippen LogP contribution < -0.4 is 5.32 Å². The number of unbranched alkanes of at least 4 members (excludes halogenated alkanes) is 1. The Morgan fingerprint density at radius 2 is 2.14 bits per heavy atom. The van der Waals surface area contributed by atoms with Crippen LogP contribution in [-0.2, 0) is 15.4 Å². The van der Waals surface area contributed by atoms with Crippen LogP contribution in [0.4, 0.5) is 13.6 Å². The predicted octanol–water partition coefficient (Wildman–Crippen LogP) is 3.07. The molecule has 1 heterocycles. The Bertz CT molecular complexity index is 463. The molecule has 0 bridgehead atoms. The van der Waals surface area contributed by atoms with Gasteiger partial charge < -0.3 is 14.8 Å². The maximum atomic E-state index is 14.5. The zero-order chi connectivity index (χ0) is 15.3. The van der Waals surface area contributed by atoms with Crippen LogP contribution in [0, 0.1) is 0 Å². The number of benzene rings is 1. The monoisotopic (exact) mass is 299 g/mol. The van der Waals surface area contributed by atoms with E-state index in [9.17, 15) is 13.6 Å². The SMILES string of the molecule is CCCCOC(=O)N[C@H]([C@H]1CO1)C(F)(F)c1ccccc1. The zero-order valence-electron chi connectivity index (χ0n) is 11.9. The van der Waals surface area contributed by atoms with Crippen molar-refractivity contribution in [2.24, 2.45) is 0 Å². The van der Waals surface area contributed by atoms with E-state index in [-0.39, 0.29) is 18.8 Å². The fraction of sp³-hybridized carbons (Fsp3) is 0.533. The van der Waals surface area contributed by atoms with Crippen molar-refractivity contribution in [1.29, 1.82) is 0 Å². The molecule has 0 aromatic heterocycles. The summed E-state index contributed by atoms with van der Waals surface area (Å²) in [6.45, 7) is 2.38. The van der Waals surface area contributed by atoms with Gasteiger partial charge in [-0.2, -0.15) is 8.78 Å². The number of halogens is 2. The highest BCUT2D eigenvalue weighted by molar-refractivity contribution is 5.68. The number of hydrogen-bond donors (Lipinski definition) is 1. The van der Waals surface area contributed by atoms with Crippen LogP contribution in [0.15, 0.2) is 30.3 Å². The molecule has 2 atom stereocenters. The molecule has 21 heavy (non-hydrogen) atoms. The Morgan fingerprint density at radius 3 is 2.71 bits per heavy atom. The molecular weight excluding hydrogens is 280 g/mol. The highest BCUT2D eigenvalue weighted by atomic mass is 19.3. The maximum Gasteiger partial charge on any atom is 0.407 e. The smallest absolute Gasteiger partial charge is 0.407 e. The molecule has 1 saturated heterocycles. The largest absolute Gasteiger partial charge is 0.450 e. The summed E-state index contributed by atoms with van der Waals surface area (Å²) in [5.41, 5.74) is -0.153. The summed E-state index contributed by atoms with van der Waals surface area (Å²) in [5, 5.41) is 2.24. The third-order valence-corrected chi connectivity index (χ3v) is 3.28. The second kappa shape index (κ2) is 6.85. The van der Waals surface area contributed by atoms with Gasteiger partial charge in [0.1, 0.15) is 12.1 Å². The summed E-state index contributed by atoms with van der Waals surface area (Å²) in [6, 6.07) is 5.98. The van der Waals surface area contributed by atoms with Crippen molar-refractivity contribution < 1.29 is 23.0 Å². The first-order valence-electron chi connectivity index (χ1n) is 7.04. The molecule has 1 aliphatic heterocycles. The molecule has 6 heteroatoms. The van der Waals surface area contributed by atoms with Gasteiger partial charge in [-0.3, -0.25) is 0 Å². The van der Waals surface area contributed by atoms with Gasteiger partial charge in [0.25, 0.3) is 5.92 Å². The Morgan fingerprint density at radius 1 is 1.48 bits per heavy atom. The van der Waals surface area contributed by atoms with E-state index >= 15 is 0 Å². The summed E-state index contributed by atoms with van der Waals surface area (Å²) in [4.78, 5) is 11.6. The standard InChI is InChI=1S/C15H19F2NO3/c1-2-3-9-20-14(19)18-13(12-10-21-12)15(16,17)11-7-5-4-6-8-11/h4-8,12-13H,2-3,9-10H2,1H3,(H,18,19)/t12-,13-/m1/s1. The lowest BCUT2D eigenvalue weighted by molar-refractivity contribution is -0.0507. The molecule has 1 fully saturated rings. The Hall–Kier alpha value is -1.69. The van der Waals surface area contributed by atoms with Gasteiger partial charge in [-0.05, 0) is 6.42 Å². The zero-order valence-corrected chi connectivity index (χ0v) is 11.9. The quantitative estimate of drug-likeness (QED) is 0.622. The first-order chi connectivity index (χ1) is 10.1. The number of carbonyl (C=O) groups is 1. The van der Waals surface area contributed by atoms with Gasteiger partial charge in [0, 0.05) is 5.56 Å². The van der Waals surface area contributed by atoms with E-state index in [0.717, 1.165) is 6.42 Å². The Kier molecular flexibility index (Phi) is 5.12. The van der Waals surface area contributed by atoms with Crippen LogP contribution in [0.25, 0.3) is 0 Å². The summed E-state index contributed by atoms with van der Waals surface area (Å²) in [6.07, 6.45) is 0.0499. The van der Waals surface area contributed by atoms with Crippen molar-refractivity contribution in [2.45, 2.75) is 37.8 Å². The van der Waals surface area contributed by atoms with Gasteiger partial charge in [0.15, 0.2) is 0 Å². The molecule has 0 radical (unpaired) electrons. The summed E-state index contributed by atoms with van der Waals surface area (Å²) >= 11 is 0. The Labute approximate surface area is 122 Å². The first kappa shape index (κ1) is 15.7. The molecule has 1 aromatic rings. The van der Waals surface area contributed by atoms with Crippen molar-refractivity contribution >= 4 is 6.09 Å². The minimum absolute atomic E-state index is 0.153. The number of alkyl carbamates (subject to hydrolysis) is 1. The number of ether oxygens (including phenoxy) is 2. The molecule has 0 unspecified atom stereocenters. The van der Waals surface area contributed by atoms with E-state index in [2.05, 4.69) is 5.32 Å². The maximum absolute atomic E-state index is 14.5. The van der Waals surface area contributed by atoms with E-state index in [0.29, 0.717) is 6.42 Å². The average molecular weight is 299 g/mol. The third-order valence-electron chi connectivity index (χ3n) is 3.28. The molecule has 1 aromatic carbocycles. The molecular formula is C15H19F2NO3. The van der Waals surface area contributed by atoms with Crippen LogP contribution in [0.5, 0.6) is 0 Å². The molecule has 2 rings (SSSR count). The molecule has 0 spiro atoms. The third kappa shape index (κ3) is 4.14. The van der Waals surface area contributed by atoms with Gasteiger partial charge in [-0.1, -0.05) is 43.7 Å². The predicted molar refractivity (Wildman–Crippen MR) is 73.3 cm³/mol. The van der Waals surface area contributed by atoms with E-state index in [1.54, 1.807) is 6.07 Å². The van der Waals surface area contributed by atoms with Crippen LogP contribution in [0.3, 0.4) is 0 Å². The lowest BCUT2D eigenvalue weighted by Crippen LogP contribution is -2.49. The van der Waals surface area contributed by atoms with Crippen LogP contribution in [0.2, 0.25) is 0 Å². The number of hydrogen-bond acceptors (Lipinski definition) is 3. The number of amides is 1. The van der Waals surface area contributed by atoms with Gasteiger partial charge in [0.2, 0.25) is 0 Å². The van der Waals surface area contributed by atoms with Gasteiger partial charge >= 0.3 is 6.09 Å². The van der Waals surface area contributed by atoms with Crippen LogP contribution in [0.1, 0.15) is 25.3 Å². The van der Waals surface area contributed by atoms with Crippen molar-refractivity contribution in [2.75, 3.05) is 13.2 Å². The summed E-state index contributed by atoms with van der Waals surface area (Å²) in [5.74, 6) is -3.22. The second-order valence-electron chi connectivity index (χ2n) is 4.97. The molecule has 116 valence electrons. The van der Waals surface area contributed by atoms with Crippen LogP contribution in [-0.4, -0.2) is 31.5 Å². The lowest BCUT2D eigenvalue weighted by atomic mass is 9.99. The number of rotatable bonds is 7. The summed E-state index contributed by atoms with van der Waals surface area (Å²) in [7, 11) is 0. The second-order valence-corrected chi connectivity index (χ2v) is 4.97. The first-order valence-corrected chi connectivity index (χ1v) is 7.04. The van der Waals surface area contributed by atoms with E-state index in [1.807, 2.05) is 6.92 Å². The fourth-order valence-electron chi connectivity index (χ4n) is 1.98. The average Bonchev–Trinajstić information content (AvgIpc) is 3.30. The summed E-state index contributed by atoms with van der Waals surface area (Å²) < 4.78 is 38.9. The number of carbonyl (C=O) groups excluding carboxylic acids is 1. The highest BCUT2D eigenvalue weighted by Gasteiger charge is 2.51.